The molecule has 0 saturated heterocycles. The van der Waals surface area contributed by atoms with Crippen LogP contribution in [0.5, 0.6) is 0 Å². The van der Waals surface area contributed by atoms with Gasteiger partial charge in [0.25, 0.3) is 0 Å². The van der Waals surface area contributed by atoms with Gasteiger partial charge in [-0.2, -0.15) is 0 Å². The van der Waals surface area contributed by atoms with Crippen molar-refractivity contribution in [1.82, 2.24) is 4.98 Å². The van der Waals surface area contributed by atoms with Crippen LogP contribution < -0.4 is 4.90 Å². The molecule has 0 aliphatic rings. The fourth-order valence-electron chi connectivity index (χ4n) is 6.79. The lowest BCUT2D eigenvalue weighted by Gasteiger charge is -2.26. The summed E-state index contributed by atoms with van der Waals surface area (Å²) < 4.78 is 5.97. The van der Waals surface area contributed by atoms with Crippen LogP contribution in [0.15, 0.2) is 199 Å². The van der Waals surface area contributed by atoms with E-state index in [0.29, 0.717) is 5.71 Å². The van der Waals surface area contributed by atoms with Crippen molar-refractivity contribution in [2.24, 2.45) is 0 Å². The van der Waals surface area contributed by atoms with Crippen LogP contribution >= 0.6 is 0 Å². The summed E-state index contributed by atoms with van der Waals surface area (Å²) in [4.78, 5) is 6.72. The van der Waals surface area contributed by atoms with Crippen molar-refractivity contribution in [1.29, 1.82) is 0 Å². The lowest BCUT2D eigenvalue weighted by molar-refractivity contribution is 0.654. The van der Waals surface area contributed by atoms with Crippen LogP contribution in [0.25, 0.3) is 66.6 Å². The van der Waals surface area contributed by atoms with Gasteiger partial charge < -0.3 is 9.32 Å². The number of benzene rings is 7. The molecule has 3 nitrogen and oxygen atoms in total. The third-order valence-electron chi connectivity index (χ3n) is 9.37. The molecule has 236 valence electrons. The molecule has 0 saturated carbocycles. The molecule has 0 radical (unpaired) electrons. The van der Waals surface area contributed by atoms with E-state index in [0.717, 1.165) is 50.1 Å². The second-order valence-electron chi connectivity index (χ2n) is 12.5. The van der Waals surface area contributed by atoms with Gasteiger partial charge >= 0.3 is 0 Å². The average molecular weight is 641 g/mol. The predicted octanol–water partition coefficient (Wildman–Crippen LogP) is 13.1. The van der Waals surface area contributed by atoms with Gasteiger partial charge in [-0.1, -0.05) is 121 Å². The molecule has 9 aromatic rings. The van der Waals surface area contributed by atoms with Gasteiger partial charge in [0, 0.05) is 34.0 Å². The van der Waals surface area contributed by atoms with Crippen LogP contribution in [0.3, 0.4) is 0 Å². The molecule has 0 fully saturated rings. The van der Waals surface area contributed by atoms with Crippen LogP contribution in [0.1, 0.15) is 0 Å². The highest BCUT2D eigenvalue weighted by molar-refractivity contribution is 6.05. The van der Waals surface area contributed by atoms with Gasteiger partial charge in [-0.05, 0) is 111 Å². The Morgan fingerprint density at radius 3 is 1.34 bits per heavy atom. The summed E-state index contributed by atoms with van der Waals surface area (Å²) in [5.41, 5.74) is 14.2. The van der Waals surface area contributed by atoms with E-state index >= 15 is 0 Å². The predicted molar refractivity (Wildman–Crippen MR) is 208 cm³/mol. The zero-order valence-corrected chi connectivity index (χ0v) is 27.3. The monoisotopic (exact) mass is 640 g/mol. The number of aromatic nitrogens is 1. The van der Waals surface area contributed by atoms with Crippen molar-refractivity contribution in [3.63, 3.8) is 0 Å². The van der Waals surface area contributed by atoms with Crippen molar-refractivity contribution in [2.45, 2.75) is 0 Å². The van der Waals surface area contributed by atoms with E-state index in [4.69, 9.17) is 4.42 Å². The fraction of sp³-hybridized carbons (Fsp3) is 0. The third kappa shape index (κ3) is 5.61. The zero-order chi connectivity index (χ0) is 33.3. The summed E-state index contributed by atoms with van der Waals surface area (Å²) >= 11 is 0. The first kappa shape index (κ1) is 29.4. The van der Waals surface area contributed by atoms with Gasteiger partial charge in [0.1, 0.15) is 5.58 Å². The molecule has 3 heteroatoms. The molecule has 0 spiro atoms. The Hall–Kier alpha value is -6.71. The summed E-state index contributed by atoms with van der Waals surface area (Å²) in [6, 6.07) is 66.7. The maximum Gasteiger partial charge on any atom is 0.227 e. The highest BCUT2D eigenvalue weighted by Crippen LogP contribution is 2.38. The number of anilines is 3. The number of fused-ring (bicyclic) bond motifs is 3. The molecule has 0 aliphatic carbocycles. The van der Waals surface area contributed by atoms with Crippen molar-refractivity contribution >= 4 is 39.1 Å². The molecule has 0 N–H and O–H groups in total. The Labute approximate surface area is 291 Å². The molecule has 9 rings (SSSR count). The van der Waals surface area contributed by atoms with E-state index in [1.807, 2.05) is 12.1 Å². The Morgan fingerprint density at radius 2 is 0.780 bits per heavy atom. The first-order chi connectivity index (χ1) is 24.8. The Kier molecular flexibility index (Phi) is 7.49. The smallest absolute Gasteiger partial charge is 0.227 e. The first-order valence-corrected chi connectivity index (χ1v) is 16.9. The summed E-state index contributed by atoms with van der Waals surface area (Å²) in [5, 5.41) is 2.11. The number of rotatable bonds is 7. The largest absolute Gasteiger partial charge is 0.438 e. The van der Waals surface area contributed by atoms with E-state index < -0.39 is 0 Å². The maximum absolute atomic E-state index is 5.97. The van der Waals surface area contributed by atoms with Gasteiger partial charge in [0.2, 0.25) is 5.71 Å². The van der Waals surface area contributed by atoms with Crippen molar-refractivity contribution in [3.05, 3.63) is 194 Å². The normalized spacial score (nSPS) is 11.2. The van der Waals surface area contributed by atoms with Gasteiger partial charge in [0.05, 0.1) is 0 Å². The topological polar surface area (TPSA) is 29.3 Å². The minimum atomic E-state index is 0.668. The van der Waals surface area contributed by atoms with E-state index in [-0.39, 0.29) is 0 Å². The van der Waals surface area contributed by atoms with Crippen LogP contribution in [-0.4, -0.2) is 4.98 Å². The average Bonchev–Trinajstić information content (AvgIpc) is 3.58. The summed E-state index contributed by atoms with van der Waals surface area (Å²) in [6.07, 6.45) is 1.77. The number of nitrogens with zero attached hydrogens (tertiary/aromatic N) is 2. The molecule has 0 atom stereocenters. The fourth-order valence-corrected chi connectivity index (χ4v) is 6.79. The quantitative estimate of drug-likeness (QED) is 0.174. The van der Waals surface area contributed by atoms with Gasteiger partial charge in [-0.15, -0.1) is 0 Å². The minimum Gasteiger partial charge on any atom is -0.438 e. The summed E-state index contributed by atoms with van der Waals surface area (Å²) in [6.45, 7) is 0. The first-order valence-electron chi connectivity index (χ1n) is 16.9. The van der Waals surface area contributed by atoms with Crippen LogP contribution in [0.2, 0.25) is 0 Å². The molecular weight excluding hydrogens is 609 g/mol. The SMILES string of the molecule is c1ccc(-c2ccc(N(c3ccc(-c4ccccc4)cc3)c3ccc(-c4cccc(-c5ccc6oc7ncccc7c6c5)c4)cc3)cc2)cc1. The highest BCUT2D eigenvalue weighted by atomic mass is 16.3. The Morgan fingerprint density at radius 1 is 0.340 bits per heavy atom. The maximum atomic E-state index is 5.97. The van der Waals surface area contributed by atoms with E-state index in [9.17, 15) is 0 Å². The van der Waals surface area contributed by atoms with Gasteiger partial charge in [-0.3, -0.25) is 0 Å². The van der Waals surface area contributed by atoms with Gasteiger partial charge in [-0.25, -0.2) is 4.98 Å². The molecular formula is C47H32N2O. The van der Waals surface area contributed by atoms with Crippen LogP contribution in [0.4, 0.5) is 17.1 Å². The molecule has 0 aliphatic heterocycles. The molecule has 7 aromatic carbocycles. The summed E-state index contributed by atoms with van der Waals surface area (Å²) in [5.74, 6) is 0. The number of pyridine rings is 1. The number of hydrogen-bond acceptors (Lipinski definition) is 3. The minimum absolute atomic E-state index is 0.668. The molecule has 0 amide bonds. The molecule has 0 bridgehead atoms. The highest BCUT2D eigenvalue weighted by Gasteiger charge is 2.15. The standard InChI is InChI=1S/C47H32N2O/c1-3-9-33(10-4-1)35-16-23-41(24-17-35)49(42-25-18-36(19-26-42)34-11-5-2-6-12-34)43-27-20-37(21-28-43)38-13-7-14-39(31-38)40-22-29-46-45(32-40)44-15-8-30-48-47(44)50-46/h1-32H. The third-order valence-corrected chi connectivity index (χ3v) is 9.37. The van der Waals surface area contributed by atoms with E-state index in [1.54, 1.807) is 6.20 Å². The molecule has 50 heavy (non-hydrogen) atoms. The second kappa shape index (κ2) is 12.7. The lowest BCUT2D eigenvalue weighted by atomic mass is 9.97. The van der Waals surface area contributed by atoms with E-state index in [1.165, 1.54) is 27.8 Å². The van der Waals surface area contributed by atoms with Crippen molar-refractivity contribution in [3.8, 4) is 44.5 Å². The molecule has 2 aromatic heterocycles. The molecule has 2 heterocycles. The lowest BCUT2D eigenvalue weighted by Crippen LogP contribution is -2.09. The number of hydrogen-bond donors (Lipinski definition) is 0. The van der Waals surface area contributed by atoms with Crippen LogP contribution in [0, 0.1) is 0 Å². The van der Waals surface area contributed by atoms with Crippen molar-refractivity contribution in [2.75, 3.05) is 4.90 Å². The van der Waals surface area contributed by atoms with Crippen molar-refractivity contribution < 1.29 is 4.42 Å². The van der Waals surface area contributed by atoms with Crippen LogP contribution in [-0.2, 0) is 0 Å². The second-order valence-corrected chi connectivity index (χ2v) is 12.5. The Bertz CT molecular complexity index is 2470. The number of furan rings is 1. The molecule has 0 unspecified atom stereocenters. The van der Waals surface area contributed by atoms with Gasteiger partial charge in [0.15, 0.2) is 0 Å². The van der Waals surface area contributed by atoms with E-state index in [2.05, 4.69) is 186 Å². The summed E-state index contributed by atoms with van der Waals surface area (Å²) in [7, 11) is 0. The Balaban J connectivity index is 1.06. The zero-order valence-electron chi connectivity index (χ0n) is 27.3.